The molecule has 0 aliphatic heterocycles. The fourth-order valence-electron chi connectivity index (χ4n) is 2.63. The van der Waals surface area contributed by atoms with Crippen LogP contribution in [-0.2, 0) is 29.3 Å². The molecule has 3 aromatic rings. The van der Waals surface area contributed by atoms with Gasteiger partial charge in [0.15, 0.2) is 0 Å². The average molecular weight is 376 g/mol. The molecule has 0 heterocycles. The lowest BCUT2D eigenvalue weighted by atomic mass is 10.1. The quantitative estimate of drug-likeness (QED) is 0.633. The van der Waals surface area contributed by atoms with Crippen LogP contribution in [0.25, 0.3) is 0 Å². The van der Waals surface area contributed by atoms with Gasteiger partial charge in [-0.3, -0.25) is 0 Å². The van der Waals surface area contributed by atoms with E-state index in [2.05, 4.69) is 0 Å². The van der Waals surface area contributed by atoms with E-state index in [0.717, 1.165) is 11.1 Å². The summed E-state index contributed by atoms with van der Waals surface area (Å²) >= 11 is 0. The SMILES string of the molecule is O=C(OCc1ccccc1)c1cc(CO)cc(C(=O)OCc2ccccc2)c1. The first-order valence-corrected chi connectivity index (χ1v) is 8.82. The largest absolute Gasteiger partial charge is 0.457 e. The van der Waals surface area contributed by atoms with Crippen LogP contribution in [0.1, 0.15) is 37.4 Å². The van der Waals surface area contributed by atoms with E-state index in [1.807, 2.05) is 60.7 Å². The number of esters is 2. The molecule has 0 bridgehead atoms. The summed E-state index contributed by atoms with van der Waals surface area (Å²) < 4.78 is 10.6. The van der Waals surface area contributed by atoms with Crippen LogP contribution in [0.5, 0.6) is 0 Å². The fraction of sp³-hybridized carbons (Fsp3) is 0.130. The van der Waals surface area contributed by atoms with E-state index in [1.165, 1.54) is 18.2 Å². The van der Waals surface area contributed by atoms with Gasteiger partial charge in [-0.05, 0) is 34.9 Å². The molecule has 3 aromatic carbocycles. The van der Waals surface area contributed by atoms with Crippen molar-refractivity contribution in [3.8, 4) is 0 Å². The normalized spacial score (nSPS) is 10.3. The van der Waals surface area contributed by atoms with Gasteiger partial charge in [-0.25, -0.2) is 9.59 Å². The van der Waals surface area contributed by atoms with E-state index in [0.29, 0.717) is 5.56 Å². The number of aliphatic hydroxyl groups excluding tert-OH is 1. The van der Waals surface area contributed by atoms with Gasteiger partial charge in [0, 0.05) is 0 Å². The van der Waals surface area contributed by atoms with Crippen molar-refractivity contribution in [3.05, 3.63) is 107 Å². The molecule has 0 atom stereocenters. The molecular weight excluding hydrogens is 356 g/mol. The third-order valence-electron chi connectivity index (χ3n) is 4.07. The number of ether oxygens (including phenoxy) is 2. The molecule has 0 amide bonds. The molecular formula is C23H20O5. The molecule has 28 heavy (non-hydrogen) atoms. The molecule has 0 aromatic heterocycles. The van der Waals surface area contributed by atoms with Crippen LogP contribution in [0.3, 0.4) is 0 Å². The highest BCUT2D eigenvalue weighted by molar-refractivity contribution is 5.95. The molecule has 0 fully saturated rings. The highest BCUT2D eigenvalue weighted by atomic mass is 16.5. The molecule has 5 heteroatoms. The van der Waals surface area contributed by atoms with Gasteiger partial charge in [0.2, 0.25) is 0 Å². The van der Waals surface area contributed by atoms with Crippen LogP contribution in [0.4, 0.5) is 0 Å². The highest BCUT2D eigenvalue weighted by Crippen LogP contribution is 2.15. The van der Waals surface area contributed by atoms with Crippen molar-refractivity contribution in [1.29, 1.82) is 0 Å². The maximum Gasteiger partial charge on any atom is 0.338 e. The van der Waals surface area contributed by atoms with Gasteiger partial charge in [0.25, 0.3) is 0 Å². The summed E-state index contributed by atoms with van der Waals surface area (Å²) in [5, 5.41) is 9.46. The summed E-state index contributed by atoms with van der Waals surface area (Å²) in [7, 11) is 0. The first kappa shape index (κ1) is 19.3. The zero-order valence-corrected chi connectivity index (χ0v) is 15.2. The van der Waals surface area contributed by atoms with Gasteiger partial charge in [-0.1, -0.05) is 60.7 Å². The zero-order chi connectivity index (χ0) is 19.8. The minimum atomic E-state index is -0.573. The van der Waals surface area contributed by atoms with Crippen LogP contribution < -0.4 is 0 Å². The van der Waals surface area contributed by atoms with E-state index >= 15 is 0 Å². The van der Waals surface area contributed by atoms with Crippen molar-refractivity contribution < 1.29 is 24.2 Å². The van der Waals surface area contributed by atoms with Gasteiger partial charge >= 0.3 is 11.9 Å². The van der Waals surface area contributed by atoms with Crippen LogP contribution in [0.2, 0.25) is 0 Å². The Morgan fingerprint density at radius 3 is 1.46 bits per heavy atom. The third kappa shape index (κ3) is 5.28. The lowest BCUT2D eigenvalue weighted by Crippen LogP contribution is -2.10. The topological polar surface area (TPSA) is 72.8 Å². The summed E-state index contributed by atoms with van der Waals surface area (Å²) in [4.78, 5) is 24.8. The maximum absolute atomic E-state index is 12.4. The number of carbonyl (C=O) groups excluding carboxylic acids is 2. The monoisotopic (exact) mass is 376 g/mol. The number of aliphatic hydroxyl groups is 1. The summed E-state index contributed by atoms with van der Waals surface area (Å²) in [5.41, 5.74) is 2.53. The number of rotatable bonds is 7. The van der Waals surface area contributed by atoms with Crippen molar-refractivity contribution >= 4 is 11.9 Å². The average Bonchev–Trinajstić information content (AvgIpc) is 2.76. The van der Waals surface area contributed by atoms with E-state index < -0.39 is 11.9 Å². The Labute approximate surface area is 163 Å². The van der Waals surface area contributed by atoms with Gasteiger partial charge in [-0.15, -0.1) is 0 Å². The van der Waals surface area contributed by atoms with Crippen molar-refractivity contribution in [2.45, 2.75) is 19.8 Å². The van der Waals surface area contributed by atoms with Crippen LogP contribution in [0, 0.1) is 0 Å². The third-order valence-corrected chi connectivity index (χ3v) is 4.07. The second-order valence-electron chi connectivity index (χ2n) is 6.20. The van der Waals surface area contributed by atoms with Crippen LogP contribution in [0.15, 0.2) is 78.9 Å². The van der Waals surface area contributed by atoms with Gasteiger partial charge in [0.05, 0.1) is 17.7 Å². The maximum atomic E-state index is 12.4. The van der Waals surface area contributed by atoms with Crippen molar-refractivity contribution in [2.75, 3.05) is 0 Å². The van der Waals surface area contributed by atoms with Crippen molar-refractivity contribution in [3.63, 3.8) is 0 Å². The number of benzene rings is 3. The summed E-state index contributed by atoms with van der Waals surface area (Å²) in [5.74, 6) is -1.15. The number of hydrogen-bond donors (Lipinski definition) is 1. The number of hydrogen-bond acceptors (Lipinski definition) is 5. The molecule has 0 aliphatic carbocycles. The van der Waals surface area contributed by atoms with E-state index in [1.54, 1.807) is 0 Å². The van der Waals surface area contributed by atoms with Gasteiger partial charge in [0.1, 0.15) is 13.2 Å². The Kier molecular flexibility index (Phi) is 6.54. The standard InChI is InChI=1S/C23H20O5/c24-14-19-11-20(22(25)27-15-17-7-3-1-4-8-17)13-21(12-19)23(26)28-16-18-9-5-2-6-10-18/h1-13,24H,14-16H2. The fourth-order valence-corrected chi connectivity index (χ4v) is 2.63. The predicted octanol–water partition coefficient (Wildman–Crippen LogP) is 3.89. The molecule has 0 unspecified atom stereocenters. The van der Waals surface area contributed by atoms with Crippen molar-refractivity contribution in [1.82, 2.24) is 0 Å². The molecule has 5 nitrogen and oxygen atoms in total. The molecule has 1 N–H and O–H groups in total. The Balaban J connectivity index is 1.70. The van der Waals surface area contributed by atoms with E-state index in [-0.39, 0.29) is 30.9 Å². The van der Waals surface area contributed by atoms with Crippen molar-refractivity contribution in [2.24, 2.45) is 0 Å². The summed E-state index contributed by atoms with van der Waals surface area (Å²) in [6.45, 7) is -0.0631. The van der Waals surface area contributed by atoms with Crippen LogP contribution >= 0.6 is 0 Å². The van der Waals surface area contributed by atoms with Gasteiger partial charge in [-0.2, -0.15) is 0 Å². The highest BCUT2D eigenvalue weighted by Gasteiger charge is 2.15. The summed E-state index contributed by atoms with van der Waals surface area (Å²) in [6, 6.07) is 23.0. The van der Waals surface area contributed by atoms with E-state index in [4.69, 9.17) is 9.47 Å². The van der Waals surface area contributed by atoms with Crippen LogP contribution in [-0.4, -0.2) is 17.0 Å². The molecule has 0 radical (unpaired) electrons. The second-order valence-corrected chi connectivity index (χ2v) is 6.20. The minimum Gasteiger partial charge on any atom is -0.457 e. The molecule has 0 spiro atoms. The van der Waals surface area contributed by atoms with Gasteiger partial charge < -0.3 is 14.6 Å². The molecule has 0 saturated heterocycles. The molecule has 0 saturated carbocycles. The Morgan fingerprint density at radius 2 is 1.07 bits per heavy atom. The van der Waals surface area contributed by atoms with E-state index in [9.17, 15) is 14.7 Å². The predicted molar refractivity (Wildman–Crippen MR) is 103 cm³/mol. The number of carbonyl (C=O) groups is 2. The lowest BCUT2D eigenvalue weighted by molar-refractivity contribution is 0.0470. The first-order valence-electron chi connectivity index (χ1n) is 8.82. The minimum absolute atomic E-state index is 0.122. The zero-order valence-electron chi connectivity index (χ0n) is 15.2. The smallest absolute Gasteiger partial charge is 0.338 e. The molecule has 142 valence electrons. The lowest BCUT2D eigenvalue weighted by Gasteiger charge is -2.10. The Bertz CT molecular complexity index is 862. The Hall–Kier alpha value is -3.44. The molecule has 0 aliphatic rings. The summed E-state index contributed by atoms with van der Waals surface area (Å²) in [6.07, 6.45) is 0. The first-order chi connectivity index (χ1) is 13.7. The Morgan fingerprint density at radius 1 is 0.643 bits per heavy atom. The second kappa shape index (κ2) is 9.48. The molecule has 3 rings (SSSR count).